The molecule has 0 amide bonds. The highest BCUT2D eigenvalue weighted by molar-refractivity contribution is 7.89. The van der Waals surface area contributed by atoms with E-state index in [1.54, 1.807) is 0 Å². The molecule has 0 radical (unpaired) electrons. The Morgan fingerprint density at radius 2 is 2.10 bits per heavy atom. The van der Waals surface area contributed by atoms with Crippen LogP contribution in [-0.4, -0.2) is 55.4 Å². The standard InChI is InChI=1S/C13H23NO5S/c1-10-6-11(13(15)16)8-14(7-10)20(17,18)9-12-4-2-3-5-19-12/h10-12H,2-9H2,1H3,(H,15,16). The Morgan fingerprint density at radius 1 is 1.35 bits per heavy atom. The van der Waals surface area contributed by atoms with Gasteiger partial charge in [0.15, 0.2) is 0 Å². The quantitative estimate of drug-likeness (QED) is 0.835. The van der Waals surface area contributed by atoms with Crippen molar-refractivity contribution in [2.24, 2.45) is 11.8 Å². The van der Waals surface area contributed by atoms with Crippen molar-refractivity contribution in [3.8, 4) is 0 Å². The van der Waals surface area contributed by atoms with Gasteiger partial charge in [-0.3, -0.25) is 4.79 Å². The predicted molar refractivity (Wildman–Crippen MR) is 73.9 cm³/mol. The van der Waals surface area contributed by atoms with Gasteiger partial charge in [-0.1, -0.05) is 6.92 Å². The van der Waals surface area contributed by atoms with Crippen LogP contribution in [0.15, 0.2) is 0 Å². The van der Waals surface area contributed by atoms with Gasteiger partial charge in [-0.05, 0) is 31.6 Å². The van der Waals surface area contributed by atoms with Crippen LogP contribution in [0.25, 0.3) is 0 Å². The molecule has 20 heavy (non-hydrogen) atoms. The maximum atomic E-state index is 12.4. The Balaban J connectivity index is 2.01. The number of aliphatic carboxylic acids is 1. The molecule has 0 spiro atoms. The van der Waals surface area contributed by atoms with Crippen molar-refractivity contribution in [3.63, 3.8) is 0 Å². The Bertz CT molecular complexity index is 444. The van der Waals surface area contributed by atoms with Crippen LogP contribution in [0.3, 0.4) is 0 Å². The Hall–Kier alpha value is -0.660. The largest absolute Gasteiger partial charge is 0.481 e. The van der Waals surface area contributed by atoms with Crippen LogP contribution >= 0.6 is 0 Å². The zero-order valence-electron chi connectivity index (χ0n) is 11.8. The summed E-state index contributed by atoms with van der Waals surface area (Å²) in [6, 6.07) is 0. The van der Waals surface area contributed by atoms with Gasteiger partial charge in [0.2, 0.25) is 10.0 Å². The summed E-state index contributed by atoms with van der Waals surface area (Å²) in [5.41, 5.74) is 0. The van der Waals surface area contributed by atoms with Crippen LogP contribution in [-0.2, 0) is 19.6 Å². The fourth-order valence-corrected chi connectivity index (χ4v) is 4.82. The smallest absolute Gasteiger partial charge is 0.307 e. The number of hydrogen-bond donors (Lipinski definition) is 1. The Labute approximate surface area is 120 Å². The van der Waals surface area contributed by atoms with Gasteiger partial charge in [-0.15, -0.1) is 0 Å². The van der Waals surface area contributed by atoms with E-state index >= 15 is 0 Å². The minimum absolute atomic E-state index is 0.0218. The monoisotopic (exact) mass is 305 g/mol. The van der Waals surface area contributed by atoms with Crippen molar-refractivity contribution >= 4 is 16.0 Å². The molecule has 2 saturated heterocycles. The number of carbonyl (C=O) groups is 1. The molecule has 3 unspecified atom stereocenters. The lowest BCUT2D eigenvalue weighted by Gasteiger charge is -2.35. The number of carboxylic acid groups (broad SMARTS) is 1. The summed E-state index contributed by atoms with van der Waals surface area (Å²) < 4.78 is 31.7. The van der Waals surface area contributed by atoms with Gasteiger partial charge < -0.3 is 9.84 Å². The Morgan fingerprint density at radius 3 is 2.70 bits per heavy atom. The van der Waals surface area contributed by atoms with E-state index in [-0.39, 0.29) is 24.3 Å². The van der Waals surface area contributed by atoms with E-state index in [1.807, 2.05) is 6.92 Å². The first-order chi connectivity index (χ1) is 9.38. The molecule has 2 heterocycles. The number of nitrogens with zero attached hydrogens (tertiary/aromatic N) is 1. The average Bonchev–Trinajstić information content (AvgIpc) is 2.38. The van der Waals surface area contributed by atoms with Crippen molar-refractivity contribution in [2.75, 3.05) is 25.4 Å². The fraction of sp³-hybridized carbons (Fsp3) is 0.923. The molecule has 0 bridgehead atoms. The van der Waals surface area contributed by atoms with Crippen molar-refractivity contribution in [1.29, 1.82) is 0 Å². The summed E-state index contributed by atoms with van der Waals surface area (Å²) in [5.74, 6) is -1.45. The second-order valence-electron chi connectivity index (χ2n) is 5.96. The molecular formula is C13H23NO5S. The number of carboxylic acids is 1. The molecule has 0 aromatic carbocycles. The second-order valence-corrected chi connectivity index (χ2v) is 7.97. The van der Waals surface area contributed by atoms with Crippen molar-refractivity contribution in [2.45, 2.75) is 38.7 Å². The number of rotatable bonds is 4. The summed E-state index contributed by atoms with van der Waals surface area (Å²) in [6.45, 7) is 3.02. The molecule has 6 nitrogen and oxygen atoms in total. The van der Waals surface area contributed by atoms with Gasteiger partial charge in [0.05, 0.1) is 17.8 Å². The lowest BCUT2D eigenvalue weighted by atomic mass is 9.92. The van der Waals surface area contributed by atoms with E-state index in [1.165, 1.54) is 4.31 Å². The Kier molecular flexibility index (Phi) is 5.04. The average molecular weight is 305 g/mol. The van der Waals surface area contributed by atoms with E-state index in [9.17, 15) is 13.2 Å². The van der Waals surface area contributed by atoms with Gasteiger partial charge in [-0.2, -0.15) is 0 Å². The van der Waals surface area contributed by atoms with E-state index in [0.29, 0.717) is 19.6 Å². The zero-order valence-corrected chi connectivity index (χ0v) is 12.6. The summed E-state index contributed by atoms with van der Waals surface area (Å²) >= 11 is 0. The van der Waals surface area contributed by atoms with Gasteiger partial charge in [0.1, 0.15) is 0 Å². The third-order valence-corrected chi connectivity index (χ3v) is 5.92. The molecule has 2 fully saturated rings. The highest BCUT2D eigenvalue weighted by atomic mass is 32.2. The molecule has 0 saturated carbocycles. The zero-order chi connectivity index (χ0) is 14.8. The molecule has 0 aromatic rings. The molecule has 1 N–H and O–H groups in total. The van der Waals surface area contributed by atoms with Crippen molar-refractivity contribution < 1.29 is 23.1 Å². The topological polar surface area (TPSA) is 83.9 Å². The first-order valence-electron chi connectivity index (χ1n) is 7.20. The van der Waals surface area contributed by atoms with Crippen LogP contribution < -0.4 is 0 Å². The molecule has 2 aliphatic heterocycles. The summed E-state index contributed by atoms with van der Waals surface area (Å²) in [4.78, 5) is 11.1. The highest BCUT2D eigenvalue weighted by Gasteiger charge is 2.36. The molecule has 0 aromatic heterocycles. The molecule has 7 heteroatoms. The maximum absolute atomic E-state index is 12.4. The second kappa shape index (κ2) is 6.41. The van der Waals surface area contributed by atoms with Crippen LogP contribution in [0.2, 0.25) is 0 Å². The van der Waals surface area contributed by atoms with Crippen LogP contribution in [0.4, 0.5) is 0 Å². The normalized spacial score (nSPS) is 33.0. The summed E-state index contributed by atoms with van der Waals surface area (Å²) in [6.07, 6.45) is 3.05. The minimum Gasteiger partial charge on any atom is -0.481 e. The summed E-state index contributed by atoms with van der Waals surface area (Å²) in [7, 11) is -3.44. The first kappa shape index (κ1) is 15.7. The third-order valence-electron chi connectivity index (χ3n) is 4.04. The molecule has 2 aliphatic rings. The summed E-state index contributed by atoms with van der Waals surface area (Å²) in [5, 5.41) is 9.11. The molecule has 0 aliphatic carbocycles. The first-order valence-corrected chi connectivity index (χ1v) is 8.81. The van der Waals surface area contributed by atoms with E-state index in [4.69, 9.17) is 9.84 Å². The van der Waals surface area contributed by atoms with Crippen LogP contribution in [0.1, 0.15) is 32.6 Å². The van der Waals surface area contributed by atoms with Crippen molar-refractivity contribution in [3.05, 3.63) is 0 Å². The van der Waals surface area contributed by atoms with Gasteiger partial charge >= 0.3 is 5.97 Å². The van der Waals surface area contributed by atoms with Crippen molar-refractivity contribution in [1.82, 2.24) is 4.31 Å². The number of hydrogen-bond acceptors (Lipinski definition) is 4. The predicted octanol–water partition coefficient (Wildman–Crippen LogP) is 0.928. The fourth-order valence-electron chi connectivity index (χ4n) is 2.99. The van der Waals surface area contributed by atoms with E-state index in [0.717, 1.165) is 19.3 Å². The molecular weight excluding hydrogens is 282 g/mol. The lowest BCUT2D eigenvalue weighted by molar-refractivity contribution is -0.143. The number of ether oxygens (including phenoxy) is 1. The molecule has 3 atom stereocenters. The lowest BCUT2D eigenvalue weighted by Crippen LogP contribution is -2.48. The van der Waals surface area contributed by atoms with E-state index in [2.05, 4.69) is 0 Å². The third kappa shape index (κ3) is 3.93. The molecule has 116 valence electrons. The highest BCUT2D eigenvalue weighted by Crippen LogP contribution is 2.25. The minimum atomic E-state index is -3.44. The van der Waals surface area contributed by atoms with E-state index < -0.39 is 21.9 Å². The SMILES string of the molecule is CC1CC(C(=O)O)CN(S(=O)(=O)CC2CCCCO2)C1. The maximum Gasteiger partial charge on any atom is 0.307 e. The molecule has 2 rings (SSSR count). The van der Waals surface area contributed by atoms with Crippen LogP contribution in [0.5, 0.6) is 0 Å². The number of sulfonamides is 1. The van der Waals surface area contributed by atoms with Crippen LogP contribution in [0, 0.1) is 11.8 Å². The van der Waals surface area contributed by atoms with Gasteiger partial charge in [-0.25, -0.2) is 12.7 Å². The number of piperidine rings is 1. The van der Waals surface area contributed by atoms with Gasteiger partial charge in [0, 0.05) is 19.7 Å². The van der Waals surface area contributed by atoms with Gasteiger partial charge in [0.25, 0.3) is 0 Å².